The number of anilines is 2. The highest BCUT2D eigenvalue weighted by Crippen LogP contribution is 2.35. The molecule has 1 atom stereocenters. The third-order valence-corrected chi connectivity index (χ3v) is 8.47. The van der Waals surface area contributed by atoms with E-state index in [9.17, 15) is 13.2 Å². The summed E-state index contributed by atoms with van der Waals surface area (Å²) in [4.78, 5) is 15.3. The van der Waals surface area contributed by atoms with Crippen LogP contribution in [0, 0.1) is 0 Å². The van der Waals surface area contributed by atoms with Crippen LogP contribution in [0.2, 0.25) is 0 Å². The SMILES string of the molecule is COc1ccccc1C(=O)Nc1ccc(N2CCCC2)c(S(=O)(=O)NC2CCCc3ccccc32)c1. The molecule has 2 N–H and O–H groups in total. The fourth-order valence-electron chi connectivity index (χ4n) is 5.18. The molecule has 7 nitrogen and oxygen atoms in total. The van der Waals surface area contributed by atoms with E-state index in [0.29, 0.717) is 22.7 Å². The molecule has 0 spiro atoms. The van der Waals surface area contributed by atoms with Crippen molar-refractivity contribution in [3.63, 3.8) is 0 Å². The number of aryl methyl sites for hydroxylation is 1. The van der Waals surface area contributed by atoms with Crippen molar-refractivity contribution in [1.29, 1.82) is 0 Å². The van der Waals surface area contributed by atoms with Gasteiger partial charge in [0.15, 0.2) is 0 Å². The average Bonchev–Trinajstić information content (AvgIpc) is 3.43. The molecule has 1 aliphatic carbocycles. The Hall–Kier alpha value is -3.36. The van der Waals surface area contributed by atoms with Gasteiger partial charge in [0.1, 0.15) is 10.6 Å². The number of nitrogens with one attached hydrogen (secondary N) is 2. The minimum absolute atomic E-state index is 0.185. The van der Waals surface area contributed by atoms with E-state index in [1.165, 1.54) is 12.7 Å². The van der Waals surface area contributed by atoms with E-state index in [1.54, 1.807) is 42.5 Å². The summed E-state index contributed by atoms with van der Waals surface area (Å²) in [7, 11) is -2.36. The predicted octanol–water partition coefficient (Wildman–Crippen LogP) is 4.90. The second kappa shape index (κ2) is 10.3. The van der Waals surface area contributed by atoms with E-state index < -0.39 is 10.0 Å². The number of hydrogen-bond acceptors (Lipinski definition) is 5. The van der Waals surface area contributed by atoms with Crippen LogP contribution in [-0.2, 0) is 16.4 Å². The van der Waals surface area contributed by atoms with Gasteiger partial charge in [-0.15, -0.1) is 0 Å². The normalized spacial score (nSPS) is 17.5. The maximum Gasteiger partial charge on any atom is 0.259 e. The number of fused-ring (bicyclic) bond motifs is 1. The first-order valence-corrected chi connectivity index (χ1v) is 13.9. The van der Waals surface area contributed by atoms with Crippen LogP contribution >= 0.6 is 0 Å². The van der Waals surface area contributed by atoms with Gasteiger partial charge in [-0.2, -0.15) is 0 Å². The highest BCUT2D eigenvalue weighted by atomic mass is 32.2. The molecule has 188 valence electrons. The Balaban J connectivity index is 1.48. The van der Waals surface area contributed by atoms with Gasteiger partial charge in [-0.1, -0.05) is 36.4 Å². The second-order valence-electron chi connectivity index (χ2n) is 9.30. The van der Waals surface area contributed by atoms with Crippen molar-refractivity contribution in [2.24, 2.45) is 0 Å². The Labute approximate surface area is 212 Å². The van der Waals surface area contributed by atoms with E-state index in [-0.39, 0.29) is 16.8 Å². The van der Waals surface area contributed by atoms with Gasteiger partial charge in [0.05, 0.1) is 18.4 Å². The average molecular weight is 506 g/mol. The lowest BCUT2D eigenvalue weighted by molar-refractivity contribution is 0.102. The van der Waals surface area contributed by atoms with Gasteiger partial charge in [0.25, 0.3) is 5.91 Å². The smallest absolute Gasteiger partial charge is 0.259 e. The summed E-state index contributed by atoms with van der Waals surface area (Å²) in [6, 6.07) is 19.8. The van der Waals surface area contributed by atoms with Crippen LogP contribution in [0.25, 0.3) is 0 Å². The first kappa shape index (κ1) is 24.3. The van der Waals surface area contributed by atoms with E-state index in [4.69, 9.17) is 4.74 Å². The first-order valence-electron chi connectivity index (χ1n) is 12.4. The van der Waals surface area contributed by atoms with Crippen molar-refractivity contribution in [1.82, 2.24) is 4.72 Å². The van der Waals surface area contributed by atoms with Crippen molar-refractivity contribution in [3.8, 4) is 5.75 Å². The highest BCUT2D eigenvalue weighted by Gasteiger charge is 2.29. The minimum atomic E-state index is -3.87. The zero-order chi connectivity index (χ0) is 25.1. The maximum atomic E-state index is 13.8. The number of para-hydroxylation sites is 1. The Bertz CT molecular complexity index is 1370. The molecule has 8 heteroatoms. The van der Waals surface area contributed by atoms with Crippen molar-refractivity contribution in [3.05, 3.63) is 83.4 Å². The van der Waals surface area contributed by atoms with Crippen LogP contribution in [0.1, 0.15) is 53.2 Å². The lowest BCUT2D eigenvalue weighted by Gasteiger charge is -2.28. The van der Waals surface area contributed by atoms with Gasteiger partial charge < -0.3 is 15.0 Å². The van der Waals surface area contributed by atoms with Crippen LogP contribution in [-0.4, -0.2) is 34.5 Å². The molecule has 1 saturated heterocycles. The number of nitrogens with zero attached hydrogens (tertiary/aromatic N) is 1. The third-order valence-electron chi connectivity index (χ3n) is 6.97. The molecule has 0 aromatic heterocycles. The van der Waals surface area contributed by atoms with Crippen LogP contribution in [0.5, 0.6) is 5.75 Å². The predicted molar refractivity (Wildman–Crippen MR) is 141 cm³/mol. The van der Waals surface area contributed by atoms with Crippen molar-refractivity contribution in [2.45, 2.75) is 43.0 Å². The number of methoxy groups -OCH3 is 1. The summed E-state index contributed by atoms with van der Waals surface area (Å²) in [6.45, 7) is 1.61. The van der Waals surface area contributed by atoms with Crippen LogP contribution in [0.4, 0.5) is 11.4 Å². The molecule has 1 heterocycles. The fraction of sp³-hybridized carbons (Fsp3) is 0.321. The molecule has 1 aliphatic heterocycles. The number of rotatable bonds is 7. The summed E-state index contributed by atoms with van der Waals surface area (Å²) < 4.78 is 35.9. The van der Waals surface area contributed by atoms with Gasteiger partial charge in [-0.05, 0) is 73.6 Å². The molecule has 2 aliphatic rings. The van der Waals surface area contributed by atoms with Gasteiger partial charge in [0.2, 0.25) is 10.0 Å². The topological polar surface area (TPSA) is 87.7 Å². The molecule has 3 aromatic rings. The molecule has 0 saturated carbocycles. The number of amides is 1. The van der Waals surface area contributed by atoms with Crippen LogP contribution in [0.3, 0.4) is 0 Å². The van der Waals surface area contributed by atoms with Crippen molar-refractivity contribution >= 4 is 27.3 Å². The molecule has 1 unspecified atom stereocenters. The molecule has 3 aromatic carbocycles. The number of benzene rings is 3. The highest BCUT2D eigenvalue weighted by molar-refractivity contribution is 7.89. The maximum absolute atomic E-state index is 13.8. The van der Waals surface area contributed by atoms with Gasteiger partial charge in [0, 0.05) is 24.8 Å². The quantitative estimate of drug-likeness (QED) is 0.477. The zero-order valence-corrected chi connectivity index (χ0v) is 21.2. The van der Waals surface area contributed by atoms with Gasteiger partial charge >= 0.3 is 0 Å². The third kappa shape index (κ3) is 4.96. The molecule has 5 rings (SSSR count). The Morgan fingerprint density at radius 3 is 2.53 bits per heavy atom. The number of carbonyl (C=O) groups excluding carboxylic acids is 1. The number of hydrogen-bond donors (Lipinski definition) is 2. The van der Waals surface area contributed by atoms with Crippen LogP contribution in [0.15, 0.2) is 71.6 Å². The fourth-order valence-corrected chi connectivity index (χ4v) is 6.69. The summed E-state index contributed by atoms with van der Waals surface area (Å²) in [5.41, 5.74) is 3.69. The second-order valence-corrected chi connectivity index (χ2v) is 11.0. The monoisotopic (exact) mass is 505 g/mol. The lowest BCUT2D eigenvalue weighted by atomic mass is 9.88. The number of carbonyl (C=O) groups is 1. The first-order chi connectivity index (χ1) is 17.5. The Morgan fingerprint density at radius 2 is 1.72 bits per heavy atom. The zero-order valence-electron chi connectivity index (χ0n) is 20.4. The molecule has 1 amide bonds. The van der Waals surface area contributed by atoms with E-state index in [2.05, 4.69) is 21.0 Å². The van der Waals surface area contributed by atoms with E-state index in [0.717, 1.165) is 50.8 Å². The summed E-state index contributed by atoms with van der Waals surface area (Å²) in [5, 5.41) is 2.85. The molecule has 0 radical (unpaired) electrons. The van der Waals surface area contributed by atoms with E-state index >= 15 is 0 Å². The summed E-state index contributed by atoms with van der Waals surface area (Å²) in [6.07, 6.45) is 4.68. The van der Waals surface area contributed by atoms with Gasteiger partial charge in [-0.3, -0.25) is 4.79 Å². The molecule has 0 bridgehead atoms. The number of ether oxygens (including phenoxy) is 1. The minimum Gasteiger partial charge on any atom is -0.496 e. The molecule has 36 heavy (non-hydrogen) atoms. The van der Waals surface area contributed by atoms with Crippen LogP contribution < -0.4 is 19.7 Å². The Kier molecular flexibility index (Phi) is 6.98. The molecule has 1 fully saturated rings. The van der Waals surface area contributed by atoms with Crippen molar-refractivity contribution < 1.29 is 17.9 Å². The molecular weight excluding hydrogens is 474 g/mol. The summed E-state index contributed by atoms with van der Waals surface area (Å²) >= 11 is 0. The lowest BCUT2D eigenvalue weighted by Crippen LogP contribution is -2.32. The van der Waals surface area contributed by atoms with E-state index in [1.807, 2.05) is 18.2 Å². The summed E-state index contributed by atoms with van der Waals surface area (Å²) in [5.74, 6) is 0.0908. The number of sulfonamides is 1. The van der Waals surface area contributed by atoms with Gasteiger partial charge in [-0.25, -0.2) is 13.1 Å². The standard InChI is InChI=1S/C28H31N3O4S/c1-35-26-14-5-4-12-23(26)28(32)29-21-15-16-25(31-17-6-7-18-31)27(19-21)36(33,34)30-24-13-8-10-20-9-2-3-11-22(20)24/h2-5,9,11-12,14-16,19,24,30H,6-8,10,13,17-18H2,1H3,(H,29,32). The molecular formula is C28H31N3O4S. The van der Waals surface area contributed by atoms with Crippen molar-refractivity contribution in [2.75, 3.05) is 30.4 Å². The Morgan fingerprint density at radius 1 is 0.972 bits per heavy atom. The largest absolute Gasteiger partial charge is 0.496 e.